The van der Waals surface area contributed by atoms with E-state index in [1.807, 2.05) is 11.8 Å². The second-order valence-corrected chi connectivity index (χ2v) is 5.68. The molecule has 0 aromatic heterocycles. The summed E-state index contributed by atoms with van der Waals surface area (Å²) in [6.45, 7) is 5.52. The maximum absolute atomic E-state index is 11.0. The minimum Gasteiger partial charge on any atom is -0.469 e. The highest BCUT2D eigenvalue weighted by atomic mass is 32.2. The lowest BCUT2D eigenvalue weighted by atomic mass is 10.1. The number of nitrogens with one attached hydrogen (secondary N) is 1. The fourth-order valence-corrected chi connectivity index (χ4v) is 3.69. The van der Waals surface area contributed by atoms with Crippen LogP contribution in [-0.2, 0) is 9.53 Å². The molecule has 0 amide bonds. The van der Waals surface area contributed by atoms with E-state index in [0.29, 0.717) is 23.6 Å². The van der Waals surface area contributed by atoms with Crippen LogP contribution in [0.1, 0.15) is 33.1 Å². The third-order valence-corrected chi connectivity index (χ3v) is 4.85. The molecule has 0 heterocycles. The first kappa shape index (κ1) is 13.8. The molecule has 3 atom stereocenters. The van der Waals surface area contributed by atoms with Gasteiger partial charge in [-0.1, -0.05) is 13.8 Å². The van der Waals surface area contributed by atoms with E-state index in [0.717, 1.165) is 12.3 Å². The van der Waals surface area contributed by atoms with E-state index in [1.165, 1.54) is 20.0 Å². The number of carbonyl (C=O) groups excluding carboxylic acids is 1. The number of hydrogen-bond donors (Lipinski definition) is 1. The summed E-state index contributed by atoms with van der Waals surface area (Å²) in [5.74, 6) is 1.50. The van der Waals surface area contributed by atoms with Crippen molar-refractivity contribution in [3.63, 3.8) is 0 Å². The van der Waals surface area contributed by atoms with Gasteiger partial charge in [0.05, 0.1) is 13.5 Å². The molecule has 16 heavy (non-hydrogen) atoms. The highest BCUT2D eigenvalue weighted by Gasteiger charge is 2.32. The van der Waals surface area contributed by atoms with Gasteiger partial charge in [-0.2, -0.15) is 11.8 Å². The lowest BCUT2D eigenvalue weighted by molar-refractivity contribution is -0.140. The summed E-state index contributed by atoms with van der Waals surface area (Å²) in [4.78, 5) is 11.0. The Bertz CT molecular complexity index is 223. The average Bonchev–Trinajstić information content (AvgIpc) is 2.62. The average molecular weight is 245 g/mol. The standard InChI is InChI=1S/C12H23NO2S/c1-4-13-10-5-6-11(9(10)2)16-8-7-12(14)15-3/h9-11,13H,4-8H2,1-3H3. The van der Waals surface area contributed by atoms with Gasteiger partial charge in [-0.05, 0) is 25.3 Å². The predicted molar refractivity (Wildman–Crippen MR) is 68.7 cm³/mol. The van der Waals surface area contributed by atoms with Gasteiger partial charge in [0.2, 0.25) is 0 Å². The van der Waals surface area contributed by atoms with Crippen molar-refractivity contribution in [3.05, 3.63) is 0 Å². The van der Waals surface area contributed by atoms with Crippen LogP contribution in [0.5, 0.6) is 0 Å². The number of methoxy groups -OCH3 is 1. The van der Waals surface area contributed by atoms with Crippen LogP contribution in [0.4, 0.5) is 0 Å². The van der Waals surface area contributed by atoms with Gasteiger partial charge in [-0.25, -0.2) is 0 Å². The van der Waals surface area contributed by atoms with Gasteiger partial charge >= 0.3 is 5.97 Å². The fraction of sp³-hybridized carbons (Fsp3) is 0.917. The van der Waals surface area contributed by atoms with Crippen molar-refractivity contribution in [2.75, 3.05) is 19.4 Å². The van der Waals surface area contributed by atoms with E-state index in [4.69, 9.17) is 0 Å². The Morgan fingerprint density at radius 3 is 2.88 bits per heavy atom. The molecular formula is C12H23NO2S. The Hall–Kier alpha value is -0.220. The van der Waals surface area contributed by atoms with Gasteiger partial charge in [0.15, 0.2) is 0 Å². The molecule has 94 valence electrons. The van der Waals surface area contributed by atoms with E-state index in [9.17, 15) is 4.79 Å². The predicted octanol–water partition coefficient (Wildman–Crippen LogP) is 2.06. The first-order chi connectivity index (χ1) is 7.69. The molecule has 3 nitrogen and oxygen atoms in total. The van der Waals surface area contributed by atoms with Gasteiger partial charge in [0.25, 0.3) is 0 Å². The highest BCUT2D eigenvalue weighted by Crippen LogP contribution is 2.35. The minimum atomic E-state index is -0.0959. The summed E-state index contributed by atoms with van der Waals surface area (Å²) in [6, 6.07) is 0.667. The van der Waals surface area contributed by atoms with Crippen LogP contribution < -0.4 is 5.32 Å². The highest BCUT2D eigenvalue weighted by molar-refractivity contribution is 7.99. The van der Waals surface area contributed by atoms with Crippen LogP contribution in [0.3, 0.4) is 0 Å². The molecule has 1 saturated carbocycles. The summed E-state index contributed by atoms with van der Waals surface area (Å²) < 4.78 is 4.64. The normalized spacial score (nSPS) is 29.3. The van der Waals surface area contributed by atoms with E-state index in [1.54, 1.807) is 0 Å². The van der Waals surface area contributed by atoms with Crippen LogP contribution in [0, 0.1) is 5.92 Å². The zero-order valence-electron chi connectivity index (χ0n) is 10.5. The monoisotopic (exact) mass is 245 g/mol. The van der Waals surface area contributed by atoms with E-state index in [2.05, 4.69) is 23.9 Å². The molecule has 0 aromatic rings. The molecule has 0 aliphatic heterocycles. The topological polar surface area (TPSA) is 38.3 Å². The van der Waals surface area contributed by atoms with Gasteiger partial charge in [-0.15, -0.1) is 0 Å². The first-order valence-electron chi connectivity index (χ1n) is 6.10. The maximum atomic E-state index is 11.0. The van der Waals surface area contributed by atoms with E-state index in [-0.39, 0.29) is 5.97 Å². The third kappa shape index (κ3) is 3.98. The maximum Gasteiger partial charge on any atom is 0.306 e. The summed E-state index contributed by atoms with van der Waals surface area (Å²) in [7, 11) is 1.45. The molecule has 0 saturated heterocycles. The SMILES string of the molecule is CCNC1CCC(SCCC(=O)OC)C1C. The summed E-state index contributed by atoms with van der Waals surface area (Å²) in [5.41, 5.74) is 0. The van der Waals surface area contributed by atoms with Crippen LogP contribution >= 0.6 is 11.8 Å². The van der Waals surface area contributed by atoms with Crippen LogP contribution in [0.25, 0.3) is 0 Å². The summed E-state index contributed by atoms with van der Waals surface area (Å²) >= 11 is 1.92. The van der Waals surface area contributed by atoms with Gasteiger partial charge < -0.3 is 10.1 Å². The molecule has 3 unspecified atom stereocenters. The third-order valence-electron chi connectivity index (χ3n) is 3.32. The Balaban J connectivity index is 2.21. The van der Waals surface area contributed by atoms with Crippen molar-refractivity contribution in [2.45, 2.75) is 44.4 Å². The molecule has 0 spiro atoms. The van der Waals surface area contributed by atoms with Crippen molar-refractivity contribution in [1.29, 1.82) is 0 Å². The number of thioether (sulfide) groups is 1. The molecule has 1 aliphatic carbocycles. The lowest BCUT2D eigenvalue weighted by Gasteiger charge is -2.20. The lowest BCUT2D eigenvalue weighted by Crippen LogP contribution is -2.33. The van der Waals surface area contributed by atoms with Crippen molar-refractivity contribution in [3.8, 4) is 0 Å². The van der Waals surface area contributed by atoms with Crippen LogP contribution in [-0.4, -0.2) is 36.7 Å². The van der Waals surface area contributed by atoms with Crippen molar-refractivity contribution >= 4 is 17.7 Å². The quantitative estimate of drug-likeness (QED) is 0.727. The largest absolute Gasteiger partial charge is 0.469 e. The van der Waals surface area contributed by atoms with Gasteiger partial charge in [-0.3, -0.25) is 4.79 Å². The molecule has 1 fully saturated rings. The Labute approximate surface area is 103 Å². The number of hydrogen-bond acceptors (Lipinski definition) is 4. The second kappa shape index (κ2) is 7.17. The molecule has 0 aromatic carbocycles. The van der Waals surface area contributed by atoms with Crippen LogP contribution in [0.15, 0.2) is 0 Å². The molecule has 0 radical (unpaired) electrons. The molecule has 4 heteroatoms. The van der Waals surface area contributed by atoms with Crippen molar-refractivity contribution < 1.29 is 9.53 Å². The smallest absolute Gasteiger partial charge is 0.306 e. The number of rotatable bonds is 6. The Morgan fingerprint density at radius 2 is 2.25 bits per heavy atom. The van der Waals surface area contributed by atoms with Gasteiger partial charge in [0, 0.05) is 17.0 Å². The number of esters is 1. The van der Waals surface area contributed by atoms with Gasteiger partial charge in [0.1, 0.15) is 0 Å². The summed E-state index contributed by atoms with van der Waals surface area (Å²) in [5, 5.41) is 4.23. The van der Waals surface area contributed by atoms with Crippen LogP contribution in [0.2, 0.25) is 0 Å². The first-order valence-corrected chi connectivity index (χ1v) is 7.15. The fourth-order valence-electron chi connectivity index (χ4n) is 2.31. The molecule has 1 N–H and O–H groups in total. The number of carbonyl (C=O) groups is 1. The molecule has 0 bridgehead atoms. The van der Waals surface area contributed by atoms with Crippen molar-refractivity contribution in [2.24, 2.45) is 5.92 Å². The summed E-state index contributed by atoms with van der Waals surface area (Å²) in [6.07, 6.45) is 3.08. The van der Waals surface area contributed by atoms with Crippen molar-refractivity contribution in [1.82, 2.24) is 5.32 Å². The molecule has 1 aliphatic rings. The molecule has 1 rings (SSSR count). The molecular weight excluding hydrogens is 222 g/mol. The second-order valence-electron chi connectivity index (χ2n) is 4.34. The minimum absolute atomic E-state index is 0.0959. The Morgan fingerprint density at radius 1 is 1.50 bits per heavy atom. The van der Waals surface area contributed by atoms with E-state index >= 15 is 0 Å². The zero-order valence-corrected chi connectivity index (χ0v) is 11.3. The Kier molecular flexibility index (Phi) is 6.21. The zero-order chi connectivity index (χ0) is 12.0. The number of ether oxygens (including phenoxy) is 1. The van der Waals surface area contributed by atoms with E-state index < -0.39 is 0 Å².